The third-order valence-electron chi connectivity index (χ3n) is 6.99. The summed E-state index contributed by atoms with van der Waals surface area (Å²) < 4.78 is 2.02. The standard InChI is InChI=1S/C30H28ClN7OS2/c1-21-7-8-24(31)17-26(21)38-28(23-9-11-32-12-10-23)34-35-30(38)41-20-27-33-25(19-40-27)29(39)37-15-13-36(14-16-37)18-22-5-3-2-4-6-22/h2-12,17,19H,13-16,18,20H2,1H3. The van der Waals surface area contributed by atoms with Gasteiger partial charge >= 0.3 is 0 Å². The normalized spacial score (nSPS) is 14.0. The Kier molecular flexibility index (Phi) is 8.43. The number of thiazole rings is 1. The second-order valence-corrected chi connectivity index (χ2v) is 12.1. The lowest BCUT2D eigenvalue weighted by atomic mass is 10.2. The number of pyridine rings is 1. The molecule has 11 heteroatoms. The van der Waals surface area contributed by atoms with Crippen molar-refractivity contribution in [3.63, 3.8) is 0 Å². The van der Waals surface area contributed by atoms with E-state index in [0.29, 0.717) is 35.4 Å². The number of piperazine rings is 1. The minimum Gasteiger partial charge on any atom is -0.335 e. The quantitative estimate of drug-likeness (QED) is 0.202. The highest BCUT2D eigenvalue weighted by atomic mass is 35.5. The molecule has 0 unspecified atom stereocenters. The van der Waals surface area contributed by atoms with E-state index in [1.54, 1.807) is 12.4 Å². The number of aromatic nitrogens is 5. The molecule has 0 bridgehead atoms. The first-order valence-electron chi connectivity index (χ1n) is 13.3. The van der Waals surface area contributed by atoms with Crippen molar-refractivity contribution in [2.24, 2.45) is 0 Å². The van der Waals surface area contributed by atoms with Gasteiger partial charge in [-0.1, -0.05) is 59.8 Å². The number of carbonyl (C=O) groups excluding carboxylic acids is 1. The lowest BCUT2D eigenvalue weighted by molar-refractivity contribution is 0.0623. The summed E-state index contributed by atoms with van der Waals surface area (Å²) in [6.07, 6.45) is 3.48. The second kappa shape index (κ2) is 12.5. The van der Waals surface area contributed by atoms with Crippen LogP contribution in [0.25, 0.3) is 17.1 Å². The van der Waals surface area contributed by atoms with Gasteiger partial charge in [0.15, 0.2) is 11.0 Å². The maximum atomic E-state index is 13.2. The van der Waals surface area contributed by atoms with E-state index in [0.717, 1.165) is 46.6 Å². The second-order valence-electron chi connectivity index (χ2n) is 9.78. The van der Waals surface area contributed by atoms with E-state index >= 15 is 0 Å². The third-order valence-corrected chi connectivity index (χ3v) is 9.19. The lowest BCUT2D eigenvalue weighted by Gasteiger charge is -2.34. The molecule has 0 radical (unpaired) electrons. The van der Waals surface area contributed by atoms with Gasteiger partial charge in [0.1, 0.15) is 10.7 Å². The zero-order chi connectivity index (χ0) is 28.2. The number of carbonyl (C=O) groups is 1. The average molecular weight is 602 g/mol. The summed E-state index contributed by atoms with van der Waals surface area (Å²) >= 11 is 9.41. The van der Waals surface area contributed by atoms with Crippen molar-refractivity contribution in [3.05, 3.63) is 105 Å². The van der Waals surface area contributed by atoms with Crippen LogP contribution in [0.3, 0.4) is 0 Å². The molecule has 1 saturated heterocycles. The molecule has 0 saturated carbocycles. The Morgan fingerprint density at radius 1 is 1.00 bits per heavy atom. The number of rotatable bonds is 8. The number of amides is 1. The average Bonchev–Trinajstić information content (AvgIpc) is 3.66. The Bertz CT molecular complexity index is 1630. The van der Waals surface area contributed by atoms with Gasteiger partial charge in [-0.05, 0) is 42.3 Å². The van der Waals surface area contributed by atoms with E-state index < -0.39 is 0 Å². The molecule has 5 aromatic rings. The van der Waals surface area contributed by atoms with E-state index in [9.17, 15) is 4.79 Å². The van der Waals surface area contributed by atoms with Gasteiger partial charge in [-0.15, -0.1) is 21.5 Å². The first-order valence-corrected chi connectivity index (χ1v) is 15.5. The first-order chi connectivity index (χ1) is 20.0. The fraction of sp³-hybridized carbons (Fsp3) is 0.233. The largest absolute Gasteiger partial charge is 0.335 e. The van der Waals surface area contributed by atoms with Crippen molar-refractivity contribution >= 4 is 40.6 Å². The number of nitrogens with zero attached hydrogens (tertiary/aromatic N) is 7. The number of aryl methyl sites for hydroxylation is 1. The molecule has 3 aromatic heterocycles. The molecule has 1 aliphatic heterocycles. The fourth-order valence-corrected chi connectivity index (χ4v) is 6.70. The molecule has 8 nitrogen and oxygen atoms in total. The monoisotopic (exact) mass is 601 g/mol. The van der Waals surface area contributed by atoms with Crippen LogP contribution in [0.4, 0.5) is 0 Å². The summed E-state index contributed by atoms with van der Waals surface area (Å²) in [6.45, 7) is 6.05. The van der Waals surface area contributed by atoms with Crippen LogP contribution in [0.15, 0.2) is 83.6 Å². The number of hydrogen-bond acceptors (Lipinski definition) is 8. The number of benzene rings is 2. The maximum absolute atomic E-state index is 13.2. The fourth-order valence-electron chi connectivity index (χ4n) is 4.81. The molecule has 1 amide bonds. The predicted octanol–water partition coefficient (Wildman–Crippen LogP) is 6.00. The summed E-state index contributed by atoms with van der Waals surface area (Å²) in [5.41, 5.74) is 4.68. The molecule has 41 heavy (non-hydrogen) atoms. The van der Waals surface area contributed by atoms with Crippen molar-refractivity contribution in [2.75, 3.05) is 26.2 Å². The highest BCUT2D eigenvalue weighted by Crippen LogP contribution is 2.32. The van der Waals surface area contributed by atoms with Gasteiger partial charge in [-0.2, -0.15) is 0 Å². The van der Waals surface area contributed by atoms with E-state index in [1.807, 2.05) is 58.2 Å². The third kappa shape index (κ3) is 6.36. The van der Waals surface area contributed by atoms with Crippen LogP contribution in [0.2, 0.25) is 5.02 Å². The van der Waals surface area contributed by atoms with Gasteiger partial charge in [-0.3, -0.25) is 19.2 Å². The summed E-state index contributed by atoms with van der Waals surface area (Å²) in [4.78, 5) is 26.3. The van der Waals surface area contributed by atoms with Gasteiger partial charge in [0, 0.05) is 61.1 Å². The molecule has 6 rings (SSSR count). The number of halogens is 1. The topological polar surface area (TPSA) is 80.0 Å². The number of hydrogen-bond donors (Lipinski definition) is 0. The van der Waals surface area contributed by atoms with Crippen molar-refractivity contribution in [2.45, 2.75) is 24.4 Å². The molecule has 0 atom stereocenters. The van der Waals surface area contributed by atoms with Crippen molar-refractivity contribution in [1.82, 2.24) is 34.5 Å². The van der Waals surface area contributed by atoms with Gasteiger partial charge in [-0.25, -0.2) is 4.98 Å². The van der Waals surface area contributed by atoms with E-state index in [-0.39, 0.29) is 5.91 Å². The van der Waals surface area contributed by atoms with Crippen LogP contribution in [0, 0.1) is 6.92 Å². The highest BCUT2D eigenvalue weighted by Gasteiger charge is 2.24. The molecule has 208 valence electrons. The highest BCUT2D eigenvalue weighted by molar-refractivity contribution is 7.98. The van der Waals surface area contributed by atoms with Gasteiger partial charge < -0.3 is 4.90 Å². The Labute approximate surface area is 252 Å². The summed E-state index contributed by atoms with van der Waals surface area (Å²) in [7, 11) is 0. The Balaban J connectivity index is 1.14. The first kappa shape index (κ1) is 27.6. The summed E-state index contributed by atoms with van der Waals surface area (Å²) in [5, 5.41) is 13.1. The SMILES string of the molecule is Cc1ccc(Cl)cc1-n1c(SCc2nc(C(=O)N3CCN(Cc4ccccc4)CC3)cs2)nnc1-c1ccncc1. The molecule has 0 aliphatic carbocycles. The zero-order valence-electron chi connectivity index (χ0n) is 22.5. The number of thioether (sulfide) groups is 1. The molecule has 0 N–H and O–H groups in total. The molecule has 1 fully saturated rings. The van der Waals surface area contributed by atoms with Crippen LogP contribution >= 0.6 is 34.7 Å². The predicted molar refractivity (Wildman–Crippen MR) is 164 cm³/mol. The van der Waals surface area contributed by atoms with Crippen molar-refractivity contribution in [3.8, 4) is 17.1 Å². The Morgan fingerprint density at radius 3 is 2.56 bits per heavy atom. The summed E-state index contributed by atoms with van der Waals surface area (Å²) in [6, 6.07) is 20.1. The zero-order valence-corrected chi connectivity index (χ0v) is 24.9. The van der Waals surface area contributed by atoms with E-state index in [1.165, 1.54) is 28.7 Å². The minimum absolute atomic E-state index is 0.00504. The van der Waals surface area contributed by atoms with Crippen LogP contribution in [0.1, 0.15) is 26.6 Å². The van der Waals surface area contributed by atoms with E-state index in [2.05, 4.69) is 44.3 Å². The lowest BCUT2D eigenvalue weighted by Crippen LogP contribution is -2.48. The molecular weight excluding hydrogens is 574 g/mol. The smallest absolute Gasteiger partial charge is 0.273 e. The van der Waals surface area contributed by atoms with E-state index in [4.69, 9.17) is 16.6 Å². The van der Waals surface area contributed by atoms with Crippen LogP contribution in [0.5, 0.6) is 0 Å². The Hall–Kier alpha value is -3.57. The molecule has 0 spiro atoms. The molecule has 1 aliphatic rings. The Morgan fingerprint density at radius 2 is 1.78 bits per heavy atom. The molecule has 4 heterocycles. The summed E-state index contributed by atoms with van der Waals surface area (Å²) in [5.74, 6) is 1.27. The maximum Gasteiger partial charge on any atom is 0.273 e. The van der Waals surface area contributed by atoms with Gasteiger partial charge in [0.05, 0.1) is 11.4 Å². The molecular formula is C30H28ClN7OS2. The van der Waals surface area contributed by atoms with Gasteiger partial charge in [0.25, 0.3) is 5.91 Å². The van der Waals surface area contributed by atoms with Gasteiger partial charge in [0.2, 0.25) is 0 Å². The van der Waals surface area contributed by atoms with Crippen molar-refractivity contribution < 1.29 is 4.79 Å². The van der Waals surface area contributed by atoms with Crippen LogP contribution in [-0.4, -0.2) is 66.6 Å². The molecule has 2 aromatic carbocycles. The van der Waals surface area contributed by atoms with Crippen molar-refractivity contribution in [1.29, 1.82) is 0 Å². The van der Waals surface area contributed by atoms with Crippen LogP contribution in [-0.2, 0) is 12.3 Å². The van der Waals surface area contributed by atoms with Crippen LogP contribution < -0.4 is 0 Å². The minimum atomic E-state index is -0.00504.